The average molecular weight is 261 g/mol. The lowest BCUT2D eigenvalue weighted by atomic mass is 10.1. The third-order valence-corrected chi connectivity index (χ3v) is 3.42. The maximum Gasteiger partial charge on any atom is 0.341 e. The van der Waals surface area contributed by atoms with Gasteiger partial charge >= 0.3 is 5.97 Å². The predicted molar refractivity (Wildman–Crippen MR) is 67.8 cm³/mol. The number of hydrogen-bond donors (Lipinski definition) is 1. The smallest absolute Gasteiger partial charge is 0.341 e. The van der Waals surface area contributed by atoms with E-state index in [2.05, 4.69) is 0 Å². The molecule has 1 aromatic heterocycles. The second-order valence-electron chi connectivity index (χ2n) is 4.93. The Hall–Kier alpha value is -2.17. The summed E-state index contributed by atoms with van der Waals surface area (Å²) in [6.45, 7) is 0.669. The molecule has 1 N–H and O–H groups in total. The van der Waals surface area contributed by atoms with E-state index in [1.807, 2.05) is 0 Å². The van der Waals surface area contributed by atoms with Gasteiger partial charge in [-0.15, -0.1) is 0 Å². The van der Waals surface area contributed by atoms with Crippen molar-refractivity contribution in [2.45, 2.75) is 19.4 Å². The number of aromatic nitrogens is 1. The van der Waals surface area contributed by atoms with Crippen LogP contribution < -0.4 is 5.43 Å². The molecule has 0 atom stereocenters. The normalized spacial score (nSPS) is 14.8. The Balaban J connectivity index is 2.30. The first-order chi connectivity index (χ1) is 9.06. The van der Waals surface area contributed by atoms with Gasteiger partial charge in [0.1, 0.15) is 11.4 Å². The lowest BCUT2D eigenvalue weighted by Crippen LogP contribution is -2.19. The number of fused-ring (bicyclic) bond motifs is 1. The van der Waals surface area contributed by atoms with Gasteiger partial charge in [-0.3, -0.25) is 4.79 Å². The van der Waals surface area contributed by atoms with Crippen LogP contribution >= 0.6 is 0 Å². The van der Waals surface area contributed by atoms with Crippen LogP contribution in [0.5, 0.6) is 0 Å². The molecule has 5 heteroatoms. The summed E-state index contributed by atoms with van der Waals surface area (Å²) in [6.07, 6.45) is 3.58. The van der Waals surface area contributed by atoms with E-state index in [0.717, 1.165) is 18.9 Å². The standard InChI is InChI=1S/C14H12FNO3/c15-9-3-4-12-10(5-9)13(17)11(14(18)19)7-16(12)6-8-1-2-8/h3-5,7-8H,1-2,6H2,(H,18,19). The monoisotopic (exact) mass is 261 g/mol. The number of carboxylic acid groups (broad SMARTS) is 1. The van der Waals surface area contributed by atoms with Crippen molar-refractivity contribution in [3.05, 3.63) is 46.0 Å². The Bertz CT molecular complexity index is 731. The van der Waals surface area contributed by atoms with Crippen LogP contribution in [-0.4, -0.2) is 15.6 Å². The fourth-order valence-corrected chi connectivity index (χ4v) is 2.25. The molecule has 1 aliphatic carbocycles. The van der Waals surface area contributed by atoms with Crippen LogP contribution in [0.2, 0.25) is 0 Å². The molecule has 0 aliphatic heterocycles. The van der Waals surface area contributed by atoms with Crippen LogP contribution in [0, 0.1) is 11.7 Å². The maximum absolute atomic E-state index is 13.3. The van der Waals surface area contributed by atoms with E-state index in [-0.39, 0.29) is 10.9 Å². The summed E-state index contributed by atoms with van der Waals surface area (Å²) in [7, 11) is 0. The lowest BCUT2D eigenvalue weighted by molar-refractivity contribution is 0.0694. The maximum atomic E-state index is 13.3. The van der Waals surface area contributed by atoms with Gasteiger partial charge in [-0.05, 0) is 37.0 Å². The van der Waals surface area contributed by atoms with Crippen LogP contribution in [0.3, 0.4) is 0 Å². The number of nitrogens with zero attached hydrogens (tertiary/aromatic N) is 1. The van der Waals surface area contributed by atoms with Crippen LogP contribution in [0.4, 0.5) is 4.39 Å². The molecule has 4 nitrogen and oxygen atoms in total. The zero-order valence-electron chi connectivity index (χ0n) is 10.1. The van der Waals surface area contributed by atoms with Crippen molar-refractivity contribution in [3.8, 4) is 0 Å². The molecule has 0 saturated heterocycles. The molecule has 0 amide bonds. The molecule has 0 bridgehead atoms. The van der Waals surface area contributed by atoms with Crippen LogP contribution in [0.1, 0.15) is 23.2 Å². The quantitative estimate of drug-likeness (QED) is 0.921. The summed E-state index contributed by atoms with van der Waals surface area (Å²) in [5.41, 5.74) is -0.351. The molecular weight excluding hydrogens is 249 g/mol. The molecule has 3 rings (SSSR count). The van der Waals surface area contributed by atoms with Crippen molar-refractivity contribution in [1.82, 2.24) is 4.57 Å². The number of pyridine rings is 1. The number of hydrogen-bond acceptors (Lipinski definition) is 2. The van der Waals surface area contributed by atoms with Crippen molar-refractivity contribution in [2.75, 3.05) is 0 Å². The Morgan fingerprint density at radius 1 is 1.42 bits per heavy atom. The zero-order chi connectivity index (χ0) is 13.6. The summed E-state index contributed by atoms with van der Waals surface area (Å²) < 4.78 is 15.0. The molecule has 1 heterocycles. The second-order valence-corrected chi connectivity index (χ2v) is 4.93. The Kier molecular flexibility index (Phi) is 2.62. The van der Waals surface area contributed by atoms with Gasteiger partial charge in [-0.25, -0.2) is 9.18 Å². The third kappa shape index (κ3) is 2.12. The van der Waals surface area contributed by atoms with Gasteiger partial charge in [0.25, 0.3) is 0 Å². The van der Waals surface area contributed by atoms with Gasteiger partial charge < -0.3 is 9.67 Å². The molecule has 0 radical (unpaired) electrons. The van der Waals surface area contributed by atoms with E-state index in [1.165, 1.54) is 18.3 Å². The molecule has 0 unspecified atom stereocenters. The molecule has 1 aliphatic rings. The third-order valence-electron chi connectivity index (χ3n) is 3.42. The Labute approximate surface area is 108 Å². The van der Waals surface area contributed by atoms with Crippen molar-refractivity contribution in [1.29, 1.82) is 0 Å². The van der Waals surface area contributed by atoms with E-state index in [1.54, 1.807) is 4.57 Å². The van der Waals surface area contributed by atoms with E-state index in [9.17, 15) is 14.0 Å². The molecule has 1 saturated carbocycles. The van der Waals surface area contributed by atoms with Crippen LogP contribution in [0.25, 0.3) is 10.9 Å². The molecule has 0 spiro atoms. The van der Waals surface area contributed by atoms with Crippen LogP contribution in [-0.2, 0) is 6.54 Å². The molecule has 2 aromatic rings. The highest BCUT2D eigenvalue weighted by molar-refractivity contribution is 5.92. The highest BCUT2D eigenvalue weighted by Gasteiger charge is 2.23. The second kappa shape index (κ2) is 4.19. The summed E-state index contributed by atoms with van der Waals surface area (Å²) in [6, 6.07) is 3.92. The minimum atomic E-state index is -1.28. The summed E-state index contributed by atoms with van der Waals surface area (Å²) in [5.74, 6) is -1.29. The van der Waals surface area contributed by atoms with Crippen molar-refractivity contribution in [3.63, 3.8) is 0 Å². The molecule has 1 aromatic carbocycles. The first-order valence-corrected chi connectivity index (χ1v) is 6.12. The van der Waals surface area contributed by atoms with Gasteiger partial charge in [-0.1, -0.05) is 0 Å². The zero-order valence-corrected chi connectivity index (χ0v) is 10.1. The number of rotatable bonds is 3. The number of aromatic carboxylic acids is 1. The van der Waals surface area contributed by atoms with Crippen molar-refractivity contribution in [2.24, 2.45) is 5.92 Å². The molecule has 19 heavy (non-hydrogen) atoms. The topological polar surface area (TPSA) is 59.3 Å². The number of benzene rings is 1. The van der Waals surface area contributed by atoms with E-state index < -0.39 is 17.2 Å². The number of halogens is 1. The van der Waals surface area contributed by atoms with Gasteiger partial charge in [0.05, 0.1) is 5.52 Å². The van der Waals surface area contributed by atoms with Gasteiger partial charge in [0.15, 0.2) is 0 Å². The number of carbonyl (C=O) groups is 1. The van der Waals surface area contributed by atoms with E-state index in [4.69, 9.17) is 5.11 Å². The Morgan fingerprint density at radius 3 is 2.79 bits per heavy atom. The minimum absolute atomic E-state index is 0.126. The fraction of sp³-hybridized carbons (Fsp3) is 0.286. The molecule has 98 valence electrons. The lowest BCUT2D eigenvalue weighted by Gasteiger charge is -2.11. The average Bonchev–Trinajstić information content (AvgIpc) is 3.16. The minimum Gasteiger partial charge on any atom is -0.477 e. The van der Waals surface area contributed by atoms with Gasteiger partial charge in [0, 0.05) is 18.1 Å². The van der Waals surface area contributed by atoms with Crippen molar-refractivity contribution >= 4 is 16.9 Å². The summed E-state index contributed by atoms with van der Waals surface area (Å²) >= 11 is 0. The first-order valence-electron chi connectivity index (χ1n) is 6.12. The highest BCUT2D eigenvalue weighted by atomic mass is 19.1. The molecule has 1 fully saturated rings. The Morgan fingerprint density at radius 2 is 2.16 bits per heavy atom. The van der Waals surface area contributed by atoms with Gasteiger partial charge in [-0.2, -0.15) is 0 Å². The largest absolute Gasteiger partial charge is 0.477 e. The van der Waals surface area contributed by atoms with Crippen molar-refractivity contribution < 1.29 is 14.3 Å². The summed E-state index contributed by atoms with van der Waals surface area (Å²) in [5, 5.41) is 9.19. The number of carboxylic acids is 1. The first kappa shape index (κ1) is 11.9. The van der Waals surface area contributed by atoms with Gasteiger partial charge in [0.2, 0.25) is 5.43 Å². The highest BCUT2D eigenvalue weighted by Crippen LogP contribution is 2.31. The fourth-order valence-electron chi connectivity index (χ4n) is 2.25. The predicted octanol–water partition coefficient (Wildman–Crippen LogP) is 2.25. The van der Waals surface area contributed by atoms with E-state index >= 15 is 0 Å². The van der Waals surface area contributed by atoms with Crippen LogP contribution in [0.15, 0.2) is 29.2 Å². The SMILES string of the molecule is O=C(O)c1cn(CC2CC2)c2ccc(F)cc2c1=O. The van der Waals surface area contributed by atoms with E-state index in [0.29, 0.717) is 18.0 Å². The molecular formula is C14H12FNO3. The summed E-state index contributed by atoms with van der Waals surface area (Å²) in [4.78, 5) is 23.1.